The highest BCUT2D eigenvalue weighted by Crippen LogP contribution is 2.15. The van der Waals surface area contributed by atoms with E-state index in [2.05, 4.69) is 15.4 Å². The molecule has 6 nitrogen and oxygen atoms in total. The standard InChI is InChI=1S/C14H23N3O3S/c1-10(2)17-14(18)9-16-21(19,20)13-7-5-12(6-8-13)11(3)15-4/h5-8,10-11,15-16H,9H2,1-4H3,(H,17,18). The van der Waals surface area contributed by atoms with Crippen LogP contribution in [0.2, 0.25) is 0 Å². The Labute approximate surface area is 126 Å². The molecular weight excluding hydrogens is 290 g/mol. The van der Waals surface area contributed by atoms with Crippen molar-refractivity contribution in [3.63, 3.8) is 0 Å². The molecule has 0 saturated carbocycles. The number of rotatable bonds is 7. The Morgan fingerprint density at radius 2 is 1.71 bits per heavy atom. The third-order valence-corrected chi connectivity index (χ3v) is 4.41. The highest BCUT2D eigenvalue weighted by atomic mass is 32.2. The highest BCUT2D eigenvalue weighted by molar-refractivity contribution is 7.89. The smallest absolute Gasteiger partial charge is 0.241 e. The van der Waals surface area contributed by atoms with E-state index in [9.17, 15) is 13.2 Å². The van der Waals surface area contributed by atoms with Gasteiger partial charge in [-0.1, -0.05) is 12.1 Å². The van der Waals surface area contributed by atoms with Crippen LogP contribution in [-0.2, 0) is 14.8 Å². The molecule has 0 heterocycles. The van der Waals surface area contributed by atoms with Gasteiger partial charge in [-0.15, -0.1) is 0 Å². The van der Waals surface area contributed by atoms with Crippen molar-refractivity contribution in [1.82, 2.24) is 15.4 Å². The first-order chi connectivity index (χ1) is 9.76. The molecule has 1 aromatic rings. The van der Waals surface area contributed by atoms with E-state index in [1.807, 2.05) is 27.8 Å². The van der Waals surface area contributed by atoms with Crippen molar-refractivity contribution in [3.8, 4) is 0 Å². The van der Waals surface area contributed by atoms with Crippen LogP contribution in [0.25, 0.3) is 0 Å². The Balaban J connectivity index is 2.72. The fraction of sp³-hybridized carbons (Fsp3) is 0.500. The molecule has 0 aliphatic rings. The molecule has 0 fully saturated rings. The molecule has 0 bridgehead atoms. The quantitative estimate of drug-likeness (QED) is 0.694. The molecule has 0 aliphatic carbocycles. The molecule has 1 rings (SSSR count). The van der Waals surface area contributed by atoms with Crippen LogP contribution in [-0.4, -0.2) is 34.0 Å². The summed E-state index contributed by atoms with van der Waals surface area (Å²) in [5.41, 5.74) is 0.994. The van der Waals surface area contributed by atoms with Gasteiger partial charge in [0.25, 0.3) is 0 Å². The summed E-state index contributed by atoms with van der Waals surface area (Å²) in [5.74, 6) is -0.353. The summed E-state index contributed by atoms with van der Waals surface area (Å²) in [6.07, 6.45) is 0. The number of hydrogen-bond donors (Lipinski definition) is 3. The predicted octanol–water partition coefficient (Wildman–Crippen LogP) is 0.770. The summed E-state index contributed by atoms with van der Waals surface area (Å²) in [6.45, 7) is 5.34. The van der Waals surface area contributed by atoms with Gasteiger partial charge in [-0.3, -0.25) is 4.79 Å². The third-order valence-electron chi connectivity index (χ3n) is 3.00. The predicted molar refractivity (Wildman–Crippen MR) is 82.4 cm³/mol. The molecule has 0 radical (unpaired) electrons. The van der Waals surface area contributed by atoms with E-state index in [-0.39, 0.29) is 29.4 Å². The van der Waals surface area contributed by atoms with Crippen LogP contribution in [0, 0.1) is 0 Å². The largest absolute Gasteiger partial charge is 0.353 e. The fourth-order valence-electron chi connectivity index (χ4n) is 1.72. The van der Waals surface area contributed by atoms with Crippen LogP contribution >= 0.6 is 0 Å². The molecule has 118 valence electrons. The molecule has 1 unspecified atom stereocenters. The van der Waals surface area contributed by atoms with E-state index >= 15 is 0 Å². The summed E-state index contributed by atoms with van der Waals surface area (Å²) < 4.78 is 26.4. The average Bonchev–Trinajstić information content (AvgIpc) is 2.44. The summed E-state index contributed by atoms with van der Waals surface area (Å²) in [5, 5.41) is 5.70. The van der Waals surface area contributed by atoms with Gasteiger partial charge in [0.1, 0.15) is 0 Å². The van der Waals surface area contributed by atoms with Gasteiger partial charge in [0.2, 0.25) is 15.9 Å². The van der Waals surface area contributed by atoms with E-state index in [0.717, 1.165) is 5.56 Å². The number of benzene rings is 1. The molecule has 0 aliphatic heterocycles. The van der Waals surface area contributed by atoms with Crippen molar-refractivity contribution in [2.24, 2.45) is 0 Å². The zero-order valence-corrected chi connectivity index (χ0v) is 13.6. The van der Waals surface area contributed by atoms with Crippen LogP contribution in [0.3, 0.4) is 0 Å². The lowest BCUT2D eigenvalue weighted by Gasteiger charge is -2.12. The summed E-state index contributed by atoms with van der Waals surface area (Å²) in [6, 6.07) is 6.70. The molecule has 1 amide bonds. The Hall–Kier alpha value is -1.44. The second kappa shape index (κ2) is 7.53. The van der Waals surface area contributed by atoms with Gasteiger partial charge in [-0.2, -0.15) is 0 Å². The maximum Gasteiger partial charge on any atom is 0.241 e. The van der Waals surface area contributed by atoms with E-state index in [4.69, 9.17) is 0 Å². The van der Waals surface area contributed by atoms with Gasteiger partial charge < -0.3 is 10.6 Å². The number of carbonyl (C=O) groups excluding carboxylic acids is 1. The third kappa shape index (κ3) is 5.45. The summed E-state index contributed by atoms with van der Waals surface area (Å²) in [4.78, 5) is 11.6. The fourth-order valence-corrected chi connectivity index (χ4v) is 2.70. The molecule has 0 aromatic heterocycles. The van der Waals surface area contributed by atoms with Crippen molar-refractivity contribution in [2.75, 3.05) is 13.6 Å². The van der Waals surface area contributed by atoms with E-state index in [1.54, 1.807) is 12.1 Å². The molecule has 0 spiro atoms. The van der Waals surface area contributed by atoms with Crippen molar-refractivity contribution in [1.29, 1.82) is 0 Å². The number of amides is 1. The first-order valence-corrected chi connectivity index (χ1v) is 8.31. The van der Waals surface area contributed by atoms with Crippen molar-refractivity contribution >= 4 is 15.9 Å². The molecule has 1 aromatic carbocycles. The summed E-state index contributed by atoms with van der Waals surface area (Å²) in [7, 11) is -1.83. The number of nitrogens with one attached hydrogen (secondary N) is 3. The monoisotopic (exact) mass is 313 g/mol. The van der Waals surface area contributed by atoms with Gasteiger partial charge in [0.15, 0.2) is 0 Å². The first-order valence-electron chi connectivity index (χ1n) is 6.82. The van der Waals surface area contributed by atoms with Crippen LogP contribution in [0.5, 0.6) is 0 Å². The van der Waals surface area contributed by atoms with Gasteiger partial charge >= 0.3 is 0 Å². The molecule has 0 saturated heterocycles. The second-order valence-electron chi connectivity index (χ2n) is 5.13. The molecular formula is C14H23N3O3S. The van der Waals surface area contributed by atoms with E-state index < -0.39 is 10.0 Å². The maximum atomic E-state index is 12.1. The lowest BCUT2D eigenvalue weighted by Crippen LogP contribution is -2.39. The first kappa shape index (κ1) is 17.6. The summed E-state index contributed by atoms with van der Waals surface area (Å²) >= 11 is 0. The number of carbonyl (C=O) groups is 1. The van der Waals surface area contributed by atoms with Crippen molar-refractivity contribution in [3.05, 3.63) is 29.8 Å². The molecule has 21 heavy (non-hydrogen) atoms. The maximum absolute atomic E-state index is 12.1. The minimum Gasteiger partial charge on any atom is -0.353 e. The topological polar surface area (TPSA) is 87.3 Å². The Morgan fingerprint density at radius 1 is 1.14 bits per heavy atom. The highest BCUT2D eigenvalue weighted by Gasteiger charge is 2.16. The minimum absolute atomic E-state index is 0.0238. The van der Waals surface area contributed by atoms with Gasteiger partial charge in [-0.05, 0) is 45.5 Å². The van der Waals surface area contributed by atoms with E-state index in [1.165, 1.54) is 12.1 Å². The van der Waals surface area contributed by atoms with Crippen molar-refractivity contribution in [2.45, 2.75) is 37.8 Å². The zero-order chi connectivity index (χ0) is 16.0. The van der Waals surface area contributed by atoms with Gasteiger partial charge in [-0.25, -0.2) is 13.1 Å². The lowest BCUT2D eigenvalue weighted by molar-refractivity contribution is -0.120. The van der Waals surface area contributed by atoms with Crippen LogP contribution in [0.4, 0.5) is 0 Å². The normalized spacial score (nSPS) is 13.2. The van der Waals surface area contributed by atoms with Crippen LogP contribution in [0.1, 0.15) is 32.4 Å². The molecule has 1 atom stereocenters. The Kier molecular flexibility index (Phi) is 6.32. The SMILES string of the molecule is CNC(C)c1ccc(S(=O)(=O)NCC(=O)NC(C)C)cc1. The number of sulfonamides is 1. The van der Waals surface area contributed by atoms with Gasteiger partial charge in [0, 0.05) is 12.1 Å². The minimum atomic E-state index is -3.67. The van der Waals surface area contributed by atoms with E-state index in [0.29, 0.717) is 0 Å². The Morgan fingerprint density at radius 3 is 2.19 bits per heavy atom. The second-order valence-corrected chi connectivity index (χ2v) is 6.89. The molecule has 7 heteroatoms. The number of hydrogen-bond acceptors (Lipinski definition) is 4. The molecule has 3 N–H and O–H groups in total. The van der Waals surface area contributed by atoms with Crippen molar-refractivity contribution < 1.29 is 13.2 Å². The average molecular weight is 313 g/mol. The van der Waals surface area contributed by atoms with Crippen LogP contribution < -0.4 is 15.4 Å². The Bertz CT molecular complexity index is 568. The lowest BCUT2D eigenvalue weighted by atomic mass is 10.1. The van der Waals surface area contributed by atoms with Crippen LogP contribution in [0.15, 0.2) is 29.2 Å². The van der Waals surface area contributed by atoms with Gasteiger partial charge in [0.05, 0.1) is 11.4 Å². The zero-order valence-electron chi connectivity index (χ0n) is 12.8.